The lowest BCUT2D eigenvalue weighted by atomic mass is 9.83. The first-order valence-electron chi connectivity index (χ1n) is 4.89. The van der Waals surface area contributed by atoms with Gasteiger partial charge in [0.05, 0.1) is 0 Å². The van der Waals surface area contributed by atoms with Crippen molar-refractivity contribution in [2.24, 2.45) is 0 Å². The first-order chi connectivity index (χ1) is 6.34. The number of halogens is 1. The van der Waals surface area contributed by atoms with Crippen LogP contribution >= 0.6 is 15.9 Å². The highest BCUT2D eigenvalue weighted by Gasteiger charge is 2.30. The molecule has 0 atom stereocenters. The van der Waals surface area contributed by atoms with Crippen LogP contribution in [0.2, 0.25) is 0 Å². The molecule has 0 amide bonds. The zero-order valence-electron chi connectivity index (χ0n) is 7.46. The Morgan fingerprint density at radius 2 is 2.00 bits per heavy atom. The zero-order valence-corrected chi connectivity index (χ0v) is 9.05. The Kier molecular flexibility index (Phi) is 1.66. The van der Waals surface area contributed by atoms with E-state index in [1.54, 1.807) is 5.56 Å². The number of nitrogens with zero attached hydrogens (tertiary/aromatic N) is 1. The van der Waals surface area contributed by atoms with E-state index in [1.165, 1.54) is 36.1 Å². The third-order valence-electron chi connectivity index (χ3n) is 3.27. The lowest BCUT2D eigenvalue weighted by molar-refractivity contribution is 0.475. The Hall–Kier alpha value is -0.500. The number of benzene rings is 1. The minimum absolute atomic E-state index is 0.841. The fourth-order valence-corrected chi connectivity index (χ4v) is 2.92. The molecular formula is C11H12BrN. The van der Waals surface area contributed by atoms with Crippen LogP contribution in [0.3, 0.4) is 0 Å². The van der Waals surface area contributed by atoms with Gasteiger partial charge >= 0.3 is 0 Å². The van der Waals surface area contributed by atoms with Crippen molar-refractivity contribution < 1.29 is 0 Å². The SMILES string of the molecule is Brc1ccc2c(c1)N1CCC2CC1. The first kappa shape index (κ1) is 7.86. The van der Waals surface area contributed by atoms with Crippen molar-refractivity contribution in [3.63, 3.8) is 0 Å². The maximum absolute atomic E-state index is 3.54. The molecular weight excluding hydrogens is 226 g/mol. The Morgan fingerprint density at radius 1 is 1.23 bits per heavy atom. The van der Waals surface area contributed by atoms with Gasteiger partial charge in [-0.05, 0) is 36.5 Å². The fourth-order valence-electron chi connectivity index (χ4n) is 2.57. The van der Waals surface area contributed by atoms with Crippen LogP contribution in [-0.2, 0) is 0 Å². The molecule has 0 radical (unpaired) electrons. The summed E-state index contributed by atoms with van der Waals surface area (Å²) in [5, 5.41) is 0. The standard InChI is InChI=1S/C11H12BrN/c12-9-1-2-10-8-3-5-13(6-4-8)11(10)7-9/h1-2,7-8H,3-6H2. The Bertz CT molecular complexity index is 340. The third kappa shape index (κ3) is 1.12. The maximum Gasteiger partial charge on any atom is 0.0412 e. The van der Waals surface area contributed by atoms with Gasteiger partial charge in [0.15, 0.2) is 0 Å². The van der Waals surface area contributed by atoms with Crippen LogP contribution in [-0.4, -0.2) is 13.1 Å². The summed E-state index contributed by atoms with van der Waals surface area (Å²) in [6, 6.07) is 6.72. The lowest BCUT2D eigenvalue weighted by Gasteiger charge is -2.42. The first-order valence-corrected chi connectivity index (χ1v) is 5.68. The second kappa shape index (κ2) is 2.74. The van der Waals surface area contributed by atoms with Crippen LogP contribution in [0.5, 0.6) is 0 Å². The number of piperidine rings is 1. The number of anilines is 1. The predicted octanol–water partition coefficient (Wildman–Crippen LogP) is 3.15. The fraction of sp³-hybridized carbons (Fsp3) is 0.455. The summed E-state index contributed by atoms with van der Waals surface area (Å²) in [6.45, 7) is 2.52. The van der Waals surface area contributed by atoms with Gasteiger partial charge in [0.1, 0.15) is 0 Å². The minimum Gasteiger partial charge on any atom is -0.371 e. The molecule has 0 aliphatic carbocycles. The summed E-state index contributed by atoms with van der Waals surface area (Å²) in [5.74, 6) is 0.841. The summed E-state index contributed by atoms with van der Waals surface area (Å²) in [6.07, 6.45) is 2.71. The molecule has 0 N–H and O–H groups in total. The van der Waals surface area contributed by atoms with Crippen LogP contribution in [0.15, 0.2) is 22.7 Å². The monoisotopic (exact) mass is 237 g/mol. The Morgan fingerprint density at radius 3 is 2.77 bits per heavy atom. The summed E-state index contributed by atoms with van der Waals surface area (Å²) in [7, 11) is 0. The van der Waals surface area contributed by atoms with E-state index in [-0.39, 0.29) is 0 Å². The van der Waals surface area contributed by atoms with Gasteiger partial charge in [0.2, 0.25) is 0 Å². The summed E-state index contributed by atoms with van der Waals surface area (Å²) in [5.41, 5.74) is 3.04. The highest BCUT2D eigenvalue weighted by molar-refractivity contribution is 9.10. The van der Waals surface area contributed by atoms with E-state index in [9.17, 15) is 0 Å². The van der Waals surface area contributed by atoms with Gasteiger partial charge in [0, 0.05) is 23.2 Å². The molecule has 3 aliphatic rings. The van der Waals surface area contributed by atoms with Crippen LogP contribution < -0.4 is 4.90 Å². The van der Waals surface area contributed by atoms with E-state index in [4.69, 9.17) is 0 Å². The van der Waals surface area contributed by atoms with Gasteiger partial charge in [-0.25, -0.2) is 0 Å². The van der Waals surface area contributed by atoms with Crippen LogP contribution in [0.1, 0.15) is 24.3 Å². The summed E-state index contributed by atoms with van der Waals surface area (Å²) in [4.78, 5) is 2.51. The number of hydrogen-bond acceptors (Lipinski definition) is 1. The van der Waals surface area contributed by atoms with E-state index >= 15 is 0 Å². The van der Waals surface area contributed by atoms with Gasteiger partial charge in [-0.3, -0.25) is 0 Å². The van der Waals surface area contributed by atoms with Crippen molar-refractivity contribution in [3.8, 4) is 0 Å². The largest absolute Gasteiger partial charge is 0.371 e. The second-order valence-electron chi connectivity index (χ2n) is 3.96. The summed E-state index contributed by atoms with van der Waals surface area (Å²) >= 11 is 3.54. The molecule has 2 bridgehead atoms. The van der Waals surface area contributed by atoms with Gasteiger partial charge in [-0.2, -0.15) is 0 Å². The molecule has 4 rings (SSSR count). The molecule has 13 heavy (non-hydrogen) atoms. The predicted molar refractivity (Wildman–Crippen MR) is 58.3 cm³/mol. The molecule has 3 heterocycles. The molecule has 1 aromatic carbocycles. The van der Waals surface area contributed by atoms with Gasteiger partial charge < -0.3 is 4.90 Å². The lowest BCUT2D eigenvalue weighted by Crippen LogP contribution is -2.38. The van der Waals surface area contributed by atoms with Crippen LogP contribution in [0.25, 0.3) is 0 Å². The van der Waals surface area contributed by atoms with Crippen molar-refractivity contribution in [1.82, 2.24) is 0 Å². The van der Waals surface area contributed by atoms with E-state index in [1.807, 2.05) is 0 Å². The minimum atomic E-state index is 0.841. The van der Waals surface area contributed by atoms with E-state index in [0.717, 1.165) is 5.92 Å². The van der Waals surface area contributed by atoms with Crippen LogP contribution in [0.4, 0.5) is 5.69 Å². The molecule has 1 fully saturated rings. The molecule has 1 aromatic rings. The number of fused-ring (bicyclic) bond motifs is 2. The average Bonchev–Trinajstić information content (AvgIpc) is 2.19. The summed E-state index contributed by atoms with van der Waals surface area (Å²) < 4.78 is 1.21. The van der Waals surface area contributed by atoms with Crippen molar-refractivity contribution >= 4 is 21.6 Å². The van der Waals surface area contributed by atoms with Crippen molar-refractivity contribution in [2.75, 3.05) is 18.0 Å². The topological polar surface area (TPSA) is 3.24 Å². The molecule has 1 nitrogen and oxygen atoms in total. The van der Waals surface area contributed by atoms with Gasteiger partial charge in [-0.1, -0.05) is 22.0 Å². The smallest absolute Gasteiger partial charge is 0.0412 e. The quantitative estimate of drug-likeness (QED) is 0.671. The maximum atomic E-state index is 3.54. The highest BCUT2D eigenvalue weighted by Crippen LogP contribution is 2.42. The van der Waals surface area contributed by atoms with Gasteiger partial charge in [-0.15, -0.1) is 0 Å². The molecule has 3 aliphatic heterocycles. The molecule has 1 saturated heterocycles. The van der Waals surface area contributed by atoms with E-state index in [0.29, 0.717) is 0 Å². The number of rotatable bonds is 0. The molecule has 2 heteroatoms. The van der Waals surface area contributed by atoms with Gasteiger partial charge in [0.25, 0.3) is 0 Å². The normalized spacial score (nSPS) is 20.5. The molecule has 0 saturated carbocycles. The van der Waals surface area contributed by atoms with Crippen LogP contribution in [0, 0.1) is 0 Å². The Labute approximate surface area is 86.9 Å². The highest BCUT2D eigenvalue weighted by atomic mass is 79.9. The zero-order chi connectivity index (χ0) is 8.84. The molecule has 0 unspecified atom stereocenters. The third-order valence-corrected chi connectivity index (χ3v) is 3.76. The Balaban J connectivity index is 2.18. The van der Waals surface area contributed by atoms with Crippen molar-refractivity contribution in [3.05, 3.63) is 28.2 Å². The van der Waals surface area contributed by atoms with E-state index in [2.05, 4.69) is 39.0 Å². The van der Waals surface area contributed by atoms with Crippen molar-refractivity contribution in [1.29, 1.82) is 0 Å². The van der Waals surface area contributed by atoms with Crippen molar-refractivity contribution in [2.45, 2.75) is 18.8 Å². The van der Waals surface area contributed by atoms with E-state index < -0.39 is 0 Å². The molecule has 0 spiro atoms. The molecule has 68 valence electrons. The average molecular weight is 238 g/mol. The molecule has 0 aromatic heterocycles. The second-order valence-corrected chi connectivity index (χ2v) is 4.88. The number of hydrogen-bond donors (Lipinski definition) is 0.